The minimum atomic E-state index is -1.22. The Bertz CT molecular complexity index is 135. The van der Waals surface area contributed by atoms with Crippen LogP contribution in [0.2, 0.25) is 0 Å². The first-order chi connectivity index (χ1) is 5.84. The van der Waals surface area contributed by atoms with Crippen LogP contribution in [0.5, 0.6) is 0 Å². The third kappa shape index (κ3) is 2.86. The van der Waals surface area contributed by atoms with Gasteiger partial charge in [0.15, 0.2) is 0 Å². The van der Waals surface area contributed by atoms with Crippen molar-refractivity contribution in [3.05, 3.63) is 0 Å². The van der Waals surface area contributed by atoms with Crippen LogP contribution in [0.4, 0.5) is 0 Å². The summed E-state index contributed by atoms with van der Waals surface area (Å²) in [5.41, 5.74) is 0. The Morgan fingerprint density at radius 2 is 2.17 bits per heavy atom. The number of morpholine rings is 1. The summed E-state index contributed by atoms with van der Waals surface area (Å²) in [6, 6.07) is 0. The molecule has 1 saturated heterocycles. The molecule has 0 N–H and O–H groups in total. The van der Waals surface area contributed by atoms with E-state index in [4.69, 9.17) is 4.74 Å². The number of rotatable bonds is 4. The summed E-state index contributed by atoms with van der Waals surface area (Å²) in [5, 5.41) is 11.1. The number of hydrogen-bond acceptors (Lipinski definition) is 4. The molecule has 0 spiro atoms. The molecule has 1 atom stereocenters. The summed E-state index contributed by atoms with van der Waals surface area (Å²) in [5.74, 6) is 0. The van der Waals surface area contributed by atoms with Crippen LogP contribution in [0.15, 0.2) is 0 Å². The van der Waals surface area contributed by atoms with E-state index in [-0.39, 0.29) is 6.61 Å². The largest absolute Gasteiger partial charge is 0.379 e. The van der Waals surface area contributed by atoms with Crippen LogP contribution >= 0.6 is 0 Å². The number of carbonyl (C=O) groups is 1. The second-order valence-corrected chi connectivity index (χ2v) is 2.46. The molecule has 12 heavy (non-hydrogen) atoms. The fourth-order valence-electron chi connectivity index (χ4n) is 1.02. The molecule has 1 heterocycles. The van der Waals surface area contributed by atoms with E-state index in [0.29, 0.717) is 32.6 Å². The molecule has 5 nitrogen and oxygen atoms in total. The van der Waals surface area contributed by atoms with Gasteiger partial charge in [0.2, 0.25) is 0 Å². The summed E-state index contributed by atoms with van der Waals surface area (Å²) < 4.78 is 9.73. The molecule has 1 rings (SSSR count). The molecule has 1 aliphatic rings. The third-order valence-corrected chi connectivity index (χ3v) is 1.65. The topological polar surface area (TPSA) is 58.7 Å². The molecule has 1 radical (unpaired) electrons. The highest BCUT2D eigenvalue weighted by atomic mass is 16.6. The Hall–Kier alpha value is -0.490. The summed E-state index contributed by atoms with van der Waals surface area (Å²) in [6.45, 7) is 2.14. The first-order valence-electron chi connectivity index (χ1n) is 3.87. The number of ether oxygens (including phenoxy) is 2. The van der Waals surface area contributed by atoms with Gasteiger partial charge in [0, 0.05) is 13.1 Å². The van der Waals surface area contributed by atoms with Gasteiger partial charge in [-0.3, -0.25) is 0 Å². The molecule has 1 aliphatic heterocycles. The fraction of sp³-hybridized carbons (Fsp3) is 0.857. The van der Waals surface area contributed by atoms with Gasteiger partial charge in [-0.2, -0.15) is 5.11 Å². The number of hydrogen-bond donors (Lipinski definition) is 0. The molecule has 0 aromatic carbocycles. The van der Waals surface area contributed by atoms with Crippen molar-refractivity contribution < 1.29 is 19.4 Å². The SMILES string of the molecule is [O]C(OCC=O)N1CCOCC1. The van der Waals surface area contributed by atoms with E-state index in [0.717, 1.165) is 0 Å². The molecule has 5 heteroatoms. The Morgan fingerprint density at radius 3 is 2.75 bits per heavy atom. The average Bonchev–Trinajstić information content (AvgIpc) is 2.15. The highest BCUT2D eigenvalue weighted by Gasteiger charge is 2.19. The molecular weight excluding hydrogens is 162 g/mol. The molecule has 0 aromatic rings. The zero-order valence-corrected chi connectivity index (χ0v) is 6.77. The van der Waals surface area contributed by atoms with E-state index in [1.54, 1.807) is 4.90 Å². The number of carbonyl (C=O) groups excluding carboxylic acids is 1. The predicted molar refractivity (Wildman–Crippen MR) is 38.9 cm³/mol. The van der Waals surface area contributed by atoms with Crippen LogP contribution in [0.25, 0.3) is 0 Å². The molecular formula is C7H12NO4. The molecule has 0 aromatic heterocycles. The van der Waals surface area contributed by atoms with Gasteiger partial charge in [-0.1, -0.05) is 0 Å². The van der Waals surface area contributed by atoms with E-state index in [1.807, 2.05) is 0 Å². The van der Waals surface area contributed by atoms with Crippen molar-refractivity contribution in [1.29, 1.82) is 0 Å². The highest BCUT2D eigenvalue weighted by molar-refractivity contribution is 5.50. The number of aldehydes is 1. The Morgan fingerprint density at radius 1 is 1.50 bits per heavy atom. The smallest absolute Gasteiger partial charge is 0.250 e. The zero-order chi connectivity index (χ0) is 8.81. The van der Waals surface area contributed by atoms with Gasteiger partial charge in [0.1, 0.15) is 12.9 Å². The van der Waals surface area contributed by atoms with Crippen LogP contribution in [-0.4, -0.2) is 50.5 Å². The van der Waals surface area contributed by atoms with E-state index < -0.39 is 6.41 Å². The normalized spacial score (nSPS) is 22.1. The van der Waals surface area contributed by atoms with E-state index in [9.17, 15) is 9.90 Å². The predicted octanol–water partition coefficient (Wildman–Crippen LogP) is -0.752. The van der Waals surface area contributed by atoms with E-state index in [2.05, 4.69) is 4.74 Å². The van der Waals surface area contributed by atoms with Gasteiger partial charge >= 0.3 is 0 Å². The van der Waals surface area contributed by atoms with E-state index in [1.165, 1.54) is 0 Å². The Kier molecular flexibility index (Phi) is 4.16. The minimum absolute atomic E-state index is 0.133. The lowest BCUT2D eigenvalue weighted by atomic mass is 10.4. The van der Waals surface area contributed by atoms with Gasteiger partial charge in [-0.15, -0.1) is 0 Å². The zero-order valence-electron chi connectivity index (χ0n) is 6.77. The second kappa shape index (κ2) is 5.21. The summed E-state index contributed by atoms with van der Waals surface area (Å²) in [6.07, 6.45) is -0.648. The molecule has 1 fully saturated rings. The van der Waals surface area contributed by atoms with Gasteiger partial charge < -0.3 is 14.3 Å². The second-order valence-electron chi connectivity index (χ2n) is 2.46. The first kappa shape index (κ1) is 9.60. The first-order valence-corrected chi connectivity index (χ1v) is 3.87. The van der Waals surface area contributed by atoms with Crippen LogP contribution in [-0.2, 0) is 19.4 Å². The van der Waals surface area contributed by atoms with Crippen molar-refractivity contribution in [3.63, 3.8) is 0 Å². The fourth-order valence-corrected chi connectivity index (χ4v) is 1.02. The van der Waals surface area contributed by atoms with Crippen LogP contribution < -0.4 is 0 Å². The maximum absolute atomic E-state index is 11.1. The van der Waals surface area contributed by atoms with Gasteiger partial charge in [0.25, 0.3) is 6.41 Å². The van der Waals surface area contributed by atoms with Crippen LogP contribution in [0, 0.1) is 0 Å². The summed E-state index contributed by atoms with van der Waals surface area (Å²) in [7, 11) is 0. The van der Waals surface area contributed by atoms with Crippen molar-refractivity contribution in [2.75, 3.05) is 32.9 Å². The molecule has 0 saturated carbocycles. The molecule has 69 valence electrons. The highest BCUT2D eigenvalue weighted by Crippen LogP contribution is 2.02. The molecule has 0 aliphatic carbocycles. The lowest BCUT2D eigenvalue weighted by molar-refractivity contribution is -0.235. The van der Waals surface area contributed by atoms with Gasteiger partial charge in [-0.05, 0) is 0 Å². The quantitative estimate of drug-likeness (QED) is 0.415. The minimum Gasteiger partial charge on any atom is -0.379 e. The van der Waals surface area contributed by atoms with Crippen molar-refractivity contribution in [2.45, 2.75) is 6.41 Å². The Labute approximate surface area is 70.9 Å². The summed E-state index contributed by atoms with van der Waals surface area (Å²) in [4.78, 5) is 11.5. The van der Waals surface area contributed by atoms with E-state index >= 15 is 0 Å². The van der Waals surface area contributed by atoms with Crippen LogP contribution in [0.1, 0.15) is 0 Å². The Balaban J connectivity index is 2.19. The lowest BCUT2D eigenvalue weighted by Gasteiger charge is -2.28. The maximum atomic E-state index is 11.1. The van der Waals surface area contributed by atoms with Crippen molar-refractivity contribution in [2.24, 2.45) is 0 Å². The molecule has 1 unspecified atom stereocenters. The van der Waals surface area contributed by atoms with Crippen LogP contribution in [0.3, 0.4) is 0 Å². The molecule has 0 bridgehead atoms. The van der Waals surface area contributed by atoms with Gasteiger partial charge in [-0.25, -0.2) is 4.90 Å². The average molecular weight is 174 g/mol. The maximum Gasteiger partial charge on any atom is 0.250 e. The van der Waals surface area contributed by atoms with Crippen molar-refractivity contribution in [1.82, 2.24) is 4.90 Å². The molecule has 0 amide bonds. The summed E-state index contributed by atoms with van der Waals surface area (Å²) >= 11 is 0. The number of nitrogens with zero attached hydrogens (tertiary/aromatic N) is 1. The standard InChI is InChI=1S/C7H12NO4/c9-3-6-12-7(10)8-1-4-11-5-2-8/h3,7H,1-2,4-6H2. The van der Waals surface area contributed by atoms with Gasteiger partial charge in [0.05, 0.1) is 13.2 Å². The third-order valence-electron chi connectivity index (χ3n) is 1.65. The van der Waals surface area contributed by atoms with Crippen molar-refractivity contribution in [3.8, 4) is 0 Å². The van der Waals surface area contributed by atoms with Crippen molar-refractivity contribution >= 4 is 6.29 Å². The lowest BCUT2D eigenvalue weighted by Crippen LogP contribution is -2.44. The monoisotopic (exact) mass is 174 g/mol.